The molecule has 1 aromatic rings. The zero-order valence-corrected chi connectivity index (χ0v) is 14.1. The van der Waals surface area contributed by atoms with E-state index in [1.165, 1.54) is 32.2 Å². The second-order valence-corrected chi connectivity index (χ2v) is 6.90. The zero-order chi connectivity index (χ0) is 15.1. The first kappa shape index (κ1) is 16.6. The van der Waals surface area contributed by atoms with Crippen LogP contribution in [-0.4, -0.2) is 19.2 Å². The molecule has 2 rings (SSSR count). The molecule has 1 saturated carbocycles. The maximum Gasteiger partial charge on any atom is 0.119 e. The summed E-state index contributed by atoms with van der Waals surface area (Å²) in [7, 11) is 0. The molecule has 0 bridgehead atoms. The lowest BCUT2D eigenvalue weighted by Crippen LogP contribution is -2.92. The number of ether oxygens (including phenoxy) is 1. The molecule has 0 amide bonds. The van der Waals surface area contributed by atoms with Crippen LogP contribution in [0.1, 0.15) is 46.0 Å². The van der Waals surface area contributed by atoms with Crippen LogP contribution >= 0.6 is 11.6 Å². The molecule has 1 aromatic carbocycles. The van der Waals surface area contributed by atoms with E-state index in [0.717, 1.165) is 41.7 Å². The van der Waals surface area contributed by atoms with E-state index in [2.05, 4.69) is 19.2 Å². The van der Waals surface area contributed by atoms with Crippen molar-refractivity contribution in [3.63, 3.8) is 0 Å². The second-order valence-electron chi connectivity index (χ2n) is 6.47. The lowest BCUT2D eigenvalue weighted by Gasteiger charge is -2.32. The SMILES string of the molecule is C[C@@H]1[C@H](C)CCC[C@H]1[NH2+]CCCCOc1ccc(Cl)cc1. The Balaban J connectivity index is 1.55. The quantitative estimate of drug-likeness (QED) is 0.760. The summed E-state index contributed by atoms with van der Waals surface area (Å²) in [6, 6.07) is 8.44. The number of nitrogens with two attached hydrogens (primary N) is 1. The van der Waals surface area contributed by atoms with Crippen molar-refractivity contribution in [3.8, 4) is 5.75 Å². The highest BCUT2D eigenvalue weighted by atomic mass is 35.5. The Morgan fingerprint density at radius 1 is 1.14 bits per heavy atom. The molecule has 0 unspecified atom stereocenters. The Hall–Kier alpha value is -0.730. The first-order valence-corrected chi connectivity index (χ1v) is 8.76. The second kappa shape index (κ2) is 8.65. The van der Waals surface area contributed by atoms with Gasteiger partial charge in [0.05, 0.1) is 19.2 Å². The van der Waals surface area contributed by atoms with Crippen molar-refractivity contribution >= 4 is 11.6 Å². The fourth-order valence-corrected chi connectivity index (χ4v) is 3.38. The minimum absolute atomic E-state index is 0.757. The van der Waals surface area contributed by atoms with Gasteiger partial charge in [-0.2, -0.15) is 0 Å². The Kier molecular flexibility index (Phi) is 6.85. The van der Waals surface area contributed by atoms with Gasteiger partial charge < -0.3 is 10.1 Å². The molecule has 0 saturated heterocycles. The summed E-state index contributed by atoms with van der Waals surface area (Å²) in [5.41, 5.74) is 0. The van der Waals surface area contributed by atoms with E-state index in [0.29, 0.717) is 0 Å². The van der Waals surface area contributed by atoms with Crippen molar-refractivity contribution in [2.24, 2.45) is 11.8 Å². The molecule has 2 N–H and O–H groups in total. The maximum absolute atomic E-state index is 5.85. The average molecular weight is 311 g/mol. The molecule has 3 atom stereocenters. The van der Waals surface area contributed by atoms with E-state index in [1.807, 2.05) is 24.3 Å². The fourth-order valence-electron chi connectivity index (χ4n) is 3.25. The molecule has 118 valence electrons. The van der Waals surface area contributed by atoms with Gasteiger partial charge in [0.15, 0.2) is 0 Å². The molecule has 3 heteroatoms. The summed E-state index contributed by atoms with van der Waals surface area (Å²) < 4.78 is 5.72. The predicted molar refractivity (Wildman–Crippen MR) is 88.9 cm³/mol. The summed E-state index contributed by atoms with van der Waals surface area (Å²) >= 11 is 5.85. The third kappa shape index (κ3) is 5.52. The Labute approximate surface area is 134 Å². The number of unbranched alkanes of at least 4 members (excludes halogenated alkanes) is 1. The number of rotatable bonds is 7. The largest absolute Gasteiger partial charge is 0.494 e. The van der Waals surface area contributed by atoms with Crippen LogP contribution in [0.2, 0.25) is 5.02 Å². The highest BCUT2D eigenvalue weighted by molar-refractivity contribution is 6.30. The van der Waals surface area contributed by atoms with Crippen molar-refractivity contribution < 1.29 is 10.1 Å². The predicted octanol–water partition coefficient (Wildman–Crippen LogP) is 3.89. The van der Waals surface area contributed by atoms with Crippen molar-refractivity contribution in [2.75, 3.05) is 13.2 Å². The first-order chi connectivity index (χ1) is 10.2. The van der Waals surface area contributed by atoms with Gasteiger partial charge in [-0.1, -0.05) is 25.4 Å². The molecular weight excluding hydrogens is 282 g/mol. The minimum atomic E-state index is 0.757. The lowest BCUT2D eigenvalue weighted by molar-refractivity contribution is -0.699. The molecule has 0 aliphatic heterocycles. The third-order valence-corrected chi connectivity index (χ3v) is 5.17. The number of halogens is 1. The van der Waals surface area contributed by atoms with E-state index in [1.54, 1.807) is 0 Å². The Bertz CT molecular complexity index is 406. The van der Waals surface area contributed by atoms with Crippen LogP contribution in [0.15, 0.2) is 24.3 Å². The van der Waals surface area contributed by atoms with Crippen LogP contribution in [0.3, 0.4) is 0 Å². The van der Waals surface area contributed by atoms with Crippen LogP contribution in [0, 0.1) is 11.8 Å². The van der Waals surface area contributed by atoms with E-state index in [-0.39, 0.29) is 0 Å². The summed E-state index contributed by atoms with van der Waals surface area (Å²) in [6.07, 6.45) is 6.57. The van der Waals surface area contributed by atoms with Crippen molar-refractivity contribution in [3.05, 3.63) is 29.3 Å². The summed E-state index contributed by atoms with van der Waals surface area (Å²) in [5.74, 6) is 2.68. The Morgan fingerprint density at radius 2 is 1.90 bits per heavy atom. The van der Waals surface area contributed by atoms with Crippen LogP contribution < -0.4 is 10.1 Å². The number of benzene rings is 1. The summed E-state index contributed by atoms with van der Waals surface area (Å²) in [5, 5.41) is 3.33. The average Bonchev–Trinajstić information content (AvgIpc) is 2.49. The van der Waals surface area contributed by atoms with Gasteiger partial charge in [-0.25, -0.2) is 0 Å². The van der Waals surface area contributed by atoms with Crippen LogP contribution in [0.5, 0.6) is 5.75 Å². The van der Waals surface area contributed by atoms with Gasteiger partial charge in [-0.15, -0.1) is 0 Å². The van der Waals surface area contributed by atoms with E-state index < -0.39 is 0 Å². The monoisotopic (exact) mass is 310 g/mol. The zero-order valence-electron chi connectivity index (χ0n) is 13.4. The molecule has 21 heavy (non-hydrogen) atoms. The van der Waals surface area contributed by atoms with Crippen LogP contribution in [-0.2, 0) is 0 Å². The van der Waals surface area contributed by atoms with Crippen molar-refractivity contribution in [1.29, 1.82) is 0 Å². The van der Waals surface area contributed by atoms with Gasteiger partial charge in [0.2, 0.25) is 0 Å². The molecule has 1 aliphatic carbocycles. The van der Waals surface area contributed by atoms with Gasteiger partial charge in [0, 0.05) is 10.9 Å². The number of hydrogen-bond acceptors (Lipinski definition) is 1. The van der Waals surface area contributed by atoms with E-state index in [4.69, 9.17) is 16.3 Å². The van der Waals surface area contributed by atoms with Gasteiger partial charge >= 0.3 is 0 Å². The molecular formula is C18H29ClNO+. The summed E-state index contributed by atoms with van der Waals surface area (Å²) in [6.45, 7) is 6.86. The highest BCUT2D eigenvalue weighted by Gasteiger charge is 2.29. The first-order valence-electron chi connectivity index (χ1n) is 8.38. The number of quaternary nitrogens is 1. The molecule has 1 fully saturated rings. The molecule has 0 spiro atoms. The minimum Gasteiger partial charge on any atom is -0.494 e. The fraction of sp³-hybridized carbons (Fsp3) is 0.667. The van der Waals surface area contributed by atoms with Crippen molar-refractivity contribution in [1.82, 2.24) is 0 Å². The van der Waals surface area contributed by atoms with Gasteiger partial charge in [0.1, 0.15) is 5.75 Å². The van der Waals surface area contributed by atoms with Crippen molar-refractivity contribution in [2.45, 2.75) is 52.0 Å². The molecule has 0 radical (unpaired) electrons. The van der Waals surface area contributed by atoms with Gasteiger partial charge in [-0.05, 0) is 62.3 Å². The molecule has 0 heterocycles. The normalized spacial score (nSPS) is 25.8. The number of hydrogen-bond donors (Lipinski definition) is 1. The van der Waals surface area contributed by atoms with Gasteiger partial charge in [-0.3, -0.25) is 0 Å². The summed E-state index contributed by atoms with van der Waals surface area (Å²) in [4.78, 5) is 0. The Morgan fingerprint density at radius 3 is 2.67 bits per heavy atom. The van der Waals surface area contributed by atoms with Gasteiger partial charge in [0.25, 0.3) is 0 Å². The molecule has 2 nitrogen and oxygen atoms in total. The lowest BCUT2D eigenvalue weighted by atomic mass is 9.78. The van der Waals surface area contributed by atoms with E-state index in [9.17, 15) is 0 Å². The van der Waals surface area contributed by atoms with Crippen LogP contribution in [0.25, 0.3) is 0 Å². The molecule has 0 aromatic heterocycles. The molecule has 1 aliphatic rings. The highest BCUT2D eigenvalue weighted by Crippen LogP contribution is 2.27. The maximum atomic E-state index is 5.85. The standard InChI is InChI=1S/C18H28ClNO/c1-14-6-5-7-18(15(14)2)20-12-3-4-13-21-17-10-8-16(19)9-11-17/h8-11,14-15,18,20H,3-7,12-13H2,1-2H3/p+1/t14-,15-,18-/m1/s1. The van der Waals surface area contributed by atoms with Crippen LogP contribution in [0.4, 0.5) is 0 Å². The smallest absolute Gasteiger partial charge is 0.119 e. The topological polar surface area (TPSA) is 25.8 Å². The third-order valence-electron chi connectivity index (χ3n) is 4.92. The van der Waals surface area contributed by atoms with E-state index >= 15 is 0 Å².